The molecule has 0 spiro atoms. The zero-order valence-corrected chi connectivity index (χ0v) is 32.4. The molecule has 0 unspecified atom stereocenters. The normalized spacial score (nSPS) is 26.0. The fraction of sp³-hybridized carbons (Fsp3) is 0.750. The van der Waals surface area contributed by atoms with E-state index in [9.17, 15) is 0 Å². The molecule has 0 saturated heterocycles. The lowest BCUT2D eigenvalue weighted by Crippen LogP contribution is -1.85. The van der Waals surface area contributed by atoms with Gasteiger partial charge >= 0.3 is 0 Å². The lowest BCUT2D eigenvalue weighted by Gasteiger charge is -2.05. The molecular weight excluding hydrogens is 577 g/mol. The van der Waals surface area contributed by atoms with Crippen molar-refractivity contribution in [3.05, 3.63) is 72.9 Å². The molecule has 276 valence electrons. The molecular formula is C48H84. The van der Waals surface area contributed by atoms with Crippen molar-refractivity contribution in [3.8, 4) is 0 Å². The Bertz CT molecular complexity index is 708. The zero-order valence-electron chi connectivity index (χ0n) is 32.4. The summed E-state index contributed by atoms with van der Waals surface area (Å²) in [6.07, 6.45) is 78.0. The maximum atomic E-state index is 2.32. The minimum absolute atomic E-state index is 1.21. The quantitative estimate of drug-likeness (QED) is 0.242. The Balaban J connectivity index is 2.14. The topological polar surface area (TPSA) is 0 Å². The first-order chi connectivity index (χ1) is 24.0. The third kappa shape index (κ3) is 38.9. The standard InChI is InChI=1S/C48H84/c1-2-4-6-8-10-12-14-16-18-20-22-24-26-28-30-32-34-36-38-40-42-44-46-48-47-45-43-41-39-37-35-33-31-29-27-25-23-21-19-17-15-13-11-9-7-5-3-1/h1-12H,13-48H2/b3-1-,4-2+,7-5-,8-6-,11-9-,12-10+. The van der Waals surface area contributed by atoms with Gasteiger partial charge in [0.15, 0.2) is 0 Å². The highest BCUT2D eigenvalue weighted by molar-refractivity contribution is 5.19. The summed E-state index contributed by atoms with van der Waals surface area (Å²) in [4.78, 5) is 0. The van der Waals surface area contributed by atoms with E-state index in [2.05, 4.69) is 72.9 Å². The molecule has 0 atom stereocenters. The van der Waals surface area contributed by atoms with Crippen molar-refractivity contribution >= 4 is 0 Å². The molecule has 1 rings (SSSR count). The van der Waals surface area contributed by atoms with E-state index in [-0.39, 0.29) is 0 Å². The Hall–Kier alpha value is -1.56. The van der Waals surface area contributed by atoms with Gasteiger partial charge in [0, 0.05) is 0 Å². The monoisotopic (exact) mass is 661 g/mol. The van der Waals surface area contributed by atoms with E-state index in [0.717, 1.165) is 0 Å². The average molecular weight is 661 g/mol. The summed E-state index contributed by atoms with van der Waals surface area (Å²) in [5.41, 5.74) is 0. The lowest BCUT2D eigenvalue weighted by molar-refractivity contribution is 0.511. The highest BCUT2D eigenvalue weighted by Crippen LogP contribution is 2.17. The van der Waals surface area contributed by atoms with Gasteiger partial charge in [-0.2, -0.15) is 0 Å². The Morgan fingerprint density at radius 2 is 0.250 bits per heavy atom. The first kappa shape index (κ1) is 44.5. The smallest absolute Gasteiger partial charge is 0.0348 e. The van der Waals surface area contributed by atoms with Crippen molar-refractivity contribution < 1.29 is 0 Å². The van der Waals surface area contributed by atoms with Gasteiger partial charge in [0.2, 0.25) is 0 Å². The van der Waals surface area contributed by atoms with Crippen LogP contribution in [0.4, 0.5) is 0 Å². The molecule has 0 aromatic heterocycles. The van der Waals surface area contributed by atoms with E-state index in [0.29, 0.717) is 0 Å². The maximum Gasteiger partial charge on any atom is -0.0348 e. The second-order valence-electron chi connectivity index (χ2n) is 15.0. The number of hydrogen-bond donors (Lipinski definition) is 0. The molecule has 48 heavy (non-hydrogen) atoms. The summed E-state index contributed by atoms with van der Waals surface area (Å²) >= 11 is 0. The van der Waals surface area contributed by atoms with Crippen LogP contribution >= 0.6 is 0 Å². The molecule has 0 aromatic rings. The first-order valence-corrected chi connectivity index (χ1v) is 22.0. The Labute approximate surface area is 303 Å². The molecule has 0 aromatic carbocycles. The minimum Gasteiger partial charge on any atom is -0.0845 e. The van der Waals surface area contributed by atoms with Gasteiger partial charge < -0.3 is 0 Å². The molecule has 1 aliphatic carbocycles. The van der Waals surface area contributed by atoms with Crippen LogP contribution in [0.1, 0.15) is 231 Å². The van der Waals surface area contributed by atoms with Crippen LogP contribution in [-0.2, 0) is 0 Å². The van der Waals surface area contributed by atoms with Crippen LogP contribution in [0.2, 0.25) is 0 Å². The Kier molecular flexibility index (Phi) is 38.5. The summed E-state index contributed by atoms with van der Waals surface area (Å²) in [7, 11) is 0. The molecule has 0 N–H and O–H groups in total. The van der Waals surface area contributed by atoms with E-state index in [1.54, 1.807) is 0 Å². The maximum absolute atomic E-state index is 2.32. The third-order valence-electron chi connectivity index (χ3n) is 10.3. The van der Waals surface area contributed by atoms with E-state index >= 15 is 0 Å². The molecule has 0 radical (unpaired) electrons. The molecule has 0 bridgehead atoms. The van der Waals surface area contributed by atoms with Crippen molar-refractivity contribution in [2.75, 3.05) is 0 Å². The predicted octanol–water partition coefficient (Wildman–Crippen LogP) is 17.4. The second-order valence-corrected chi connectivity index (χ2v) is 15.0. The van der Waals surface area contributed by atoms with E-state index < -0.39 is 0 Å². The second kappa shape index (κ2) is 41.6. The van der Waals surface area contributed by atoms with Crippen LogP contribution in [0.3, 0.4) is 0 Å². The fourth-order valence-corrected chi connectivity index (χ4v) is 7.04. The fourth-order valence-electron chi connectivity index (χ4n) is 7.04. The summed E-state index contributed by atoms with van der Waals surface area (Å²) in [5, 5.41) is 0. The summed E-state index contributed by atoms with van der Waals surface area (Å²) in [6.45, 7) is 0. The third-order valence-corrected chi connectivity index (χ3v) is 10.3. The molecule has 0 amide bonds. The van der Waals surface area contributed by atoms with Gasteiger partial charge in [0.25, 0.3) is 0 Å². The molecule has 0 heterocycles. The number of rotatable bonds is 0. The van der Waals surface area contributed by atoms with Crippen LogP contribution in [-0.4, -0.2) is 0 Å². The number of allylic oxidation sites excluding steroid dienone is 12. The van der Waals surface area contributed by atoms with Gasteiger partial charge in [-0.15, -0.1) is 0 Å². The summed E-state index contributed by atoms with van der Waals surface area (Å²) in [6, 6.07) is 0. The van der Waals surface area contributed by atoms with Crippen molar-refractivity contribution in [3.63, 3.8) is 0 Å². The van der Waals surface area contributed by atoms with Crippen LogP contribution in [0, 0.1) is 0 Å². The summed E-state index contributed by atoms with van der Waals surface area (Å²) in [5.74, 6) is 0. The van der Waals surface area contributed by atoms with Crippen LogP contribution < -0.4 is 0 Å². The minimum atomic E-state index is 1.21. The highest BCUT2D eigenvalue weighted by Gasteiger charge is 1.97. The van der Waals surface area contributed by atoms with Crippen LogP contribution in [0.25, 0.3) is 0 Å². The SMILES string of the molecule is C1=C\C=C/CCCCCCCCCCCCCCCCCCCCCCCCCCCCCCCCCCCC/C=C/C=C\C=C\C=C/1. The van der Waals surface area contributed by atoms with Gasteiger partial charge in [-0.3, -0.25) is 0 Å². The van der Waals surface area contributed by atoms with Crippen LogP contribution in [0.5, 0.6) is 0 Å². The molecule has 0 nitrogen and oxygen atoms in total. The Morgan fingerprint density at radius 1 is 0.125 bits per heavy atom. The van der Waals surface area contributed by atoms with Crippen molar-refractivity contribution in [2.45, 2.75) is 231 Å². The predicted molar refractivity (Wildman–Crippen MR) is 221 cm³/mol. The van der Waals surface area contributed by atoms with Crippen molar-refractivity contribution in [1.29, 1.82) is 0 Å². The average Bonchev–Trinajstić information content (AvgIpc) is 3.10. The van der Waals surface area contributed by atoms with Gasteiger partial charge in [0.1, 0.15) is 0 Å². The van der Waals surface area contributed by atoms with E-state index in [1.165, 1.54) is 231 Å². The molecule has 0 fully saturated rings. The summed E-state index contributed by atoms with van der Waals surface area (Å²) < 4.78 is 0. The van der Waals surface area contributed by atoms with Gasteiger partial charge in [-0.1, -0.05) is 278 Å². The van der Waals surface area contributed by atoms with E-state index in [1.807, 2.05) is 0 Å². The van der Waals surface area contributed by atoms with Gasteiger partial charge in [-0.25, -0.2) is 0 Å². The van der Waals surface area contributed by atoms with E-state index in [4.69, 9.17) is 0 Å². The molecule has 0 aliphatic heterocycles. The Morgan fingerprint density at radius 3 is 0.417 bits per heavy atom. The number of hydrogen-bond acceptors (Lipinski definition) is 0. The molecule has 0 heteroatoms. The van der Waals surface area contributed by atoms with Gasteiger partial charge in [0.05, 0.1) is 0 Å². The first-order valence-electron chi connectivity index (χ1n) is 22.0. The van der Waals surface area contributed by atoms with Gasteiger partial charge in [-0.05, 0) is 25.7 Å². The zero-order chi connectivity index (χ0) is 33.9. The molecule has 1 aliphatic rings. The van der Waals surface area contributed by atoms with Crippen LogP contribution in [0.15, 0.2) is 72.9 Å². The highest BCUT2D eigenvalue weighted by atomic mass is 14.0. The van der Waals surface area contributed by atoms with Crippen molar-refractivity contribution in [2.24, 2.45) is 0 Å². The largest absolute Gasteiger partial charge is 0.0845 e. The lowest BCUT2D eigenvalue weighted by atomic mass is 10.0. The molecule has 0 saturated carbocycles. The van der Waals surface area contributed by atoms with Crippen molar-refractivity contribution in [1.82, 2.24) is 0 Å².